The summed E-state index contributed by atoms with van der Waals surface area (Å²) in [6.45, 7) is 4.34. The number of rotatable bonds is 6. The van der Waals surface area contributed by atoms with E-state index in [9.17, 15) is 9.59 Å². The van der Waals surface area contributed by atoms with Gasteiger partial charge in [-0.05, 0) is 68.2 Å². The van der Waals surface area contributed by atoms with Crippen molar-refractivity contribution < 1.29 is 13.9 Å². The van der Waals surface area contributed by atoms with E-state index in [2.05, 4.69) is 10.2 Å². The fourth-order valence-electron chi connectivity index (χ4n) is 3.99. The molecule has 6 heteroatoms. The molecule has 6 nitrogen and oxygen atoms in total. The largest absolute Gasteiger partial charge is 0.497 e. The second-order valence-corrected chi connectivity index (χ2v) is 7.72. The molecule has 1 amide bonds. The standard InChI is InChI=1S/C24H26N2O4/c1-16-5-10-19-21(27)14-23(30-22(19)13-16)24(28)25-15-20(26-11-3-4-12-26)17-6-8-18(29-2)9-7-17/h5-10,13-14,20H,3-4,11-12,15H2,1-2H3,(H,25,28)/t20-/m0/s1. The molecule has 0 aliphatic carbocycles. The number of carbonyl (C=O) groups excluding carboxylic acids is 1. The lowest BCUT2D eigenvalue weighted by molar-refractivity contribution is 0.0910. The Labute approximate surface area is 175 Å². The molecule has 0 radical (unpaired) electrons. The molecular formula is C24H26N2O4. The third-order valence-electron chi connectivity index (χ3n) is 5.65. The van der Waals surface area contributed by atoms with Crippen LogP contribution in [0, 0.1) is 6.92 Å². The number of nitrogens with one attached hydrogen (secondary N) is 1. The second-order valence-electron chi connectivity index (χ2n) is 7.72. The molecule has 1 aliphatic heterocycles. The van der Waals surface area contributed by atoms with Crippen molar-refractivity contribution in [1.82, 2.24) is 10.2 Å². The highest BCUT2D eigenvalue weighted by Gasteiger charge is 2.24. The van der Waals surface area contributed by atoms with Crippen molar-refractivity contribution in [2.24, 2.45) is 0 Å². The predicted octanol–water partition coefficient (Wildman–Crippen LogP) is 3.68. The number of benzene rings is 2. The van der Waals surface area contributed by atoms with E-state index in [1.54, 1.807) is 19.2 Å². The average Bonchev–Trinajstić information content (AvgIpc) is 3.28. The van der Waals surface area contributed by atoms with E-state index >= 15 is 0 Å². The van der Waals surface area contributed by atoms with Gasteiger partial charge in [-0.3, -0.25) is 14.5 Å². The Bertz CT molecular complexity index is 1100. The molecule has 1 fully saturated rings. The average molecular weight is 406 g/mol. The number of likely N-dealkylation sites (tertiary alicyclic amines) is 1. The van der Waals surface area contributed by atoms with Crippen molar-refractivity contribution in [3.63, 3.8) is 0 Å². The Hall–Kier alpha value is -3.12. The van der Waals surface area contributed by atoms with Gasteiger partial charge < -0.3 is 14.5 Å². The van der Waals surface area contributed by atoms with Gasteiger partial charge in [-0.15, -0.1) is 0 Å². The first-order valence-electron chi connectivity index (χ1n) is 10.3. The fraction of sp³-hybridized carbons (Fsp3) is 0.333. The lowest BCUT2D eigenvalue weighted by atomic mass is 10.1. The van der Waals surface area contributed by atoms with Gasteiger partial charge in [0.15, 0.2) is 11.2 Å². The summed E-state index contributed by atoms with van der Waals surface area (Å²) in [6.07, 6.45) is 2.30. The Balaban J connectivity index is 1.54. The van der Waals surface area contributed by atoms with Gasteiger partial charge >= 0.3 is 0 Å². The maximum absolute atomic E-state index is 12.8. The lowest BCUT2D eigenvalue weighted by Crippen LogP contribution is -2.37. The summed E-state index contributed by atoms with van der Waals surface area (Å²) in [7, 11) is 1.64. The van der Waals surface area contributed by atoms with Crippen LogP contribution in [0.4, 0.5) is 0 Å². The number of carbonyl (C=O) groups is 1. The van der Waals surface area contributed by atoms with Crippen LogP contribution in [0.15, 0.2) is 57.7 Å². The molecule has 1 atom stereocenters. The molecule has 0 spiro atoms. The number of amides is 1. The summed E-state index contributed by atoms with van der Waals surface area (Å²) < 4.78 is 11.0. The van der Waals surface area contributed by atoms with E-state index < -0.39 is 0 Å². The monoisotopic (exact) mass is 406 g/mol. The summed E-state index contributed by atoms with van der Waals surface area (Å²) in [5, 5.41) is 3.44. The zero-order chi connectivity index (χ0) is 21.1. The van der Waals surface area contributed by atoms with Crippen LogP contribution in [0.3, 0.4) is 0 Å². The normalized spacial score (nSPS) is 15.3. The predicted molar refractivity (Wildman–Crippen MR) is 116 cm³/mol. The van der Waals surface area contributed by atoms with Gasteiger partial charge in [0, 0.05) is 12.6 Å². The highest BCUT2D eigenvalue weighted by Crippen LogP contribution is 2.26. The summed E-state index contributed by atoms with van der Waals surface area (Å²) in [4.78, 5) is 27.6. The first-order chi connectivity index (χ1) is 14.5. The van der Waals surface area contributed by atoms with Crippen molar-refractivity contribution in [2.75, 3.05) is 26.7 Å². The molecule has 4 rings (SSSR count). The zero-order valence-electron chi connectivity index (χ0n) is 17.3. The molecule has 1 aliphatic rings. The van der Waals surface area contributed by atoms with Gasteiger partial charge in [0.2, 0.25) is 0 Å². The van der Waals surface area contributed by atoms with E-state index in [1.165, 1.54) is 6.07 Å². The SMILES string of the molecule is COc1ccc([C@H](CNC(=O)c2cc(=O)c3ccc(C)cc3o2)N2CCCC2)cc1. The number of ether oxygens (including phenoxy) is 1. The Morgan fingerprint density at radius 2 is 1.87 bits per heavy atom. The van der Waals surface area contributed by atoms with Crippen molar-refractivity contribution in [2.45, 2.75) is 25.8 Å². The summed E-state index contributed by atoms with van der Waals surface area (Å²) >= 11 is 0. The minimum absolute atomic E-state index is 0.0352. The van der Waals surface area contributed by atoms with Crippen LogP contribution in [0.25, 0.3) is 11.0 Å². The van der Waals surface area contributed by atoms with Gasteiger partial charge in [0.05, 0.1) is 18.5 Å². The Morgan fingerprint density at radius 3 is 2.57 bits per heavy atom. The minimum Gasteiger partial charge on any atom is -0.497 e. The Morgan fingerprint density at radius 1 is 1.13 bits per heavy atom. The summed E-state index contributed by atoms with van der Waals surface area (Å²) in [5.41, 5.74) is 2.30. The second kappa shape index (κ2) is 8.71. The van der Waals surface area contributed by atoms with E-state index in [0.29, 0.717) is 17.5 Å². The first-order valence-corrected chi connectivity index (χ1v) is 10.3. The summed E-state index contributed by atoms with van der Waals surface area (Å²) in [6, 6.07) is 14.6. The highest BCUT2D eigenvalue weighted by atomic mass is 16.5. The molecule has 0 saturated carbocycles. The number of fused-ring (bicyclic) bond motifs is 1. The van der Waals surface area contributed by atoms with Crippen molar-refractivity contribution in [3.05, 3.63) is 75.6 Å². The third-order valence-corrected chi connectivity index (χ3v) is 5.65. The topological polar surface area (TPSA) is 71.8 Å². The smallest absolute Gasteiger partial charge is 0.287 e. The first kappa shape index (κ1) is 20.2. The number of methoxy groups -OCH3 is 1. The molecule has 0 unspecified atom stereocenters. The molecule has 2 aromatic carbocycles. The molecule has 0 bridgehead atoms. The van der Waals surface area contributed by atoms with E-state index in [-0.39, 0.29) is 23.1 Å². The van der Waals surface area contributed by atoms with Crippen molar-refractivity contribution in [1.29, 1.82) is 0 Å². The van der Waals surface area contributed by atoms with E-state index in [1.807, 2.05) is 37.3 Å². The number of hydrogen-bond acceptors (Lipinski definition) is 5. The summed E-state index contributed by atoms with van der Waals surface area (Å²) in [5.74, 6) is 0.456. The molecule has 3 aromatic rings. The fourth-order valence-corrected chi connectivity index (χ4v) is 3.99. The molecular weight excluding hydrogens is 380 g/mol. The maximum atomic E-state index is 12.8. The molecule has 30 heavy (non-hydrogen) atoms. The lowest BCUT2D eigenvalue weighted by Gasteiger charge is -2.28. The van der Waals surface area contributed by atoms with Gasteiger partial charge in [0.25, 0.3) is 5.91 Å². The third kappa shape index (κ3) is 4.24. The van der Waals surface area contributed by atoms with Crippen molar-refractivity contribution >= 4 is 16.9 Å². The number of hydrogen-bond donors (Lipinski definition) is 1. The van der Waals surface area contributed by atoms with Crippen LogP contribution in [-0.4, -0.2) is 37.6 Å². The van der Waals surface area contributed by atoms with E-state index in [0.717, 1.165) is 42.8 Å². The maximum Gasteiger partial charge on any atom is 0.287 e. The molecule has 1 saturated heterocycles. The van der Waals surface area contributed by atoms with Crippen LogP contribution in [0.1, 0.15) is 40.6 Å². The van der Waals surface area contributed by atoms with Crippen LogP contribution >= 0.6 is 0 Å². The van der Waals surface area contributed by atoms with Crippen LogP contribution in [0.2, 0.25) is 0 Å². The minimum atomic E-state index is -0.381. The zero-order valence-corrected chi connectivity index (χ0v) is 17.3. The highest BCUT2D eigenvalue weighted by molar-refractivity contribution is 5.93. The van der Waals surface area contributed by atoms with Gasteiger partial charge in [-0.1, -0.05) is 18.2 Å². The molecule has 1 aromatic heterocycles. The Kier molecular flexibility index (Phi) is 5.86. The van der Waals surface area contributed by atoms with Crippen LogP contribution in [-0.2, 0) is 0 Å². The number of aryl methyl sites for hydroxylation is 1. The quantitative estimate of drug-likeness (QED) is 0.676. The number of nitrogens with zero attached hydrogens (tertiary/aromatic N) is 1. The molecule has 1 N–H and O–H groups in total. The van der Waals surface area contributed by atoms with Gasteiger partial charge in [-0.2, -0.15) is 0 Å². The van der Waals surface area contributed by atoms with Crippen molar-refractivity contribution in [3.8, 4) is 5.75 Å². The van der Waals surface area contributed by atoms with E-state index in [4.69, 9.17) is 9.15 Å². The van der Waals surface area contributed by atoms with Crippen LogP contribution in [0.5, 0.6) is 5.75 Å². The van der Waals surface area contributed by atoms with Crippen LogP contribution < -0.4 is 15.5 Å². The molecule has 156 valence electrons. The van der Waals surface area contributed by atoms with Gasteiger partial charge in [-0.25, -0.2) is 0 Å². The van der Waals surface area contributed by atoms with Gasteiger partial charge in [0.1, 0.15) is 11.3 Å². The molecule has 2 heterocycles.